The number of ether oxygens (including phenoxy) is 1. The van der Waals surface area contributed by atoms with Crippen molar-refractivity contribution in [1.82, 2.24) is 4.98 Å². The van der Waals surface area contributed by atoms with Gasteiger partial charge in [-0.2, -0.15) is 0 Å². The van der Waals surface area contributed by atoms with E-state index in [1.807, 2.05) is 34.6 Å². The number of benzene rings is 1. The van der Waals surface area contributed by atoms with Gasteiger partial charge < -0.3 is 14.0 Å². The molecule has 1 aromatic carbocycles. The van der Waals surface area contributed by atoms with E-state index < -0.39 is 28.3 Å². The Labute approximate surface area is 166 Å². The molecule has 0 unspecified atom stereocenters. The van der Waals surface area contributed by atoms with Gasteiger partial charge in [0.15, 0.2) is 0 Å². The third-order valence-corrected chi connectivity index (χ3v) is 6.55. The lowest BCUT2D eigenvalue weighted by molar-refractivity contribution is 0.00578. The van der Waals surface area contributed by atoms with Gasteiger partial charge >= 0.3 is 7.12 Å². The topological polar surface area (TPSA) is 86.8 Å². The van der Waals surface area contributed by atoms with Crippen molar-refractivity contribution >= 4 is 28.3 Å². The Kier molecular flexibility index (Phi) is 5.20. The van der Waals surface area contributed by atoms with E-state index in [-0.39, 0.29) is 16.5 Å². The second kappa shape index (κ2) is 7.06. The highest BCUT2D eigenvalue weighted by molar-refractivity contribution is 7.92. The standard InChI is InChI=1S/C19H25BN2O5S/c1-13-7-9-15(10-8-13)28(23,24)22-16-11-14(12-21-17(16)25-6)20-26-18(2,3)19(4,5)27-20/h7-12,22H,1-6H3. The normalized spacial score (nSPS) is 18.1. The van der Waals surface area contributed by atoms with Gasteiger partial charge in [-0.1, -0.05) is 17.7 Å². The molecule has 1 aromatic heterocycles. The molecule has 0 bridgehead atoms. The van der Waals surface area contributed by atoms with Crippen LogP contribution in [0.4, 0.5) is 5.69 Å². The van der Waals surface area contributed by atoms with Crippen molar-refractivity contribution in [3.8, 4) is 5.88 Å². The van der Waals surface area contributed by atoms with Crippen molar-refractivity contribution < 1.29 is 22.5 Å². The lowest BCUT2D eigenvalue weighted by Gasteiger charge is -2.32. The van der Waals surface area contributed by atoms with Gasteiger partial charge in [-0.15, -0.1) is 0 Å². The van der Waals surface area contributed by atoms with Crippen LogP contribution in [0.25, 0.3) is 0 Å². The minimum Gasteiger partial charge on any atom is -0.480 e. The largest absolute Gasteiger partial charge is 0.496 e. The SMILES string of the molecule is COc1ncc(B2OC(C)(C)C(C)(C)O2)cc1NS(=O)(=O)c1ccc(C)cc1. The molecule has 2 heterocycles. The zero-order valence-electron chi connectivity index (χ0n) is 16.9. The van der Waals surface area contributed by atoms with Crippen LogP contribution in [0.1, 0.15) is 33.3 Å². The molecule has 0 aliphatic carbocycles. The number of hydrogen-bond acceptors (Lipinski definition) is 6. The Bertz CT molecular complexity index is 958. The second-order valence-electron chi connectivity index (χ2n) is 7.83. The van der Waals surface area contributed by atoms with Crippen molar-refractivity contribution in [3.63, 3.8) is 0 Å². The van der Waals surface area contributed by atoms with E-state index in [1.165, 1.54) is 7.11 Å². The first-order valence-electron chi connectivity index (χ1n) is 8.94. The van der Waals surface area contributed by atoms with Crippen LogP contribution in [0.3, 0.4) is 0 Å². The van der Waals surface area contributed by atoms with Crippen LogP contribution in [0.15, 0.2) is 41.4 Å². The summed E-state index contributed by atoms with van der Waals surface area (Å²) in [4.78, 5) is 4.37. The molecule has 150 valence electrons. The first-order valence-corrected chi connectivity index (χ1v) is 10.4. The minimum absolute atomic E-state index is 0.154. The van der Waals surface area contributed by atoms with E-state index in [0.717, 1.165) is 5.56 Å². The fourth-order valence-electron chi connectivity index (χ4n) is 2.73. The molecule has 28 heavy (non-hydrogen) atoms. The lowest BCUT2D eigenvalue weighted by atomic mass is 9.80. The maximum absolute atomic E-state index is 12.8. The molecular weight excluding hydrogens is 379 g/mol. The van der Waals surface area contributed by atoms with Crippen molar-refractivity contribution in [2.24, 2.45) is 0 Å². The number of aromatic nitrogens is 1. The molecule has 1 aliphatic heterocycles. The smallest absolute Gasteiger partial charge is 0.480 e. The van der Waals surface area contributed by atoms with Gasteiger partial charge in [-0.05, 0) is 52.8 Å². The van der Waals surface area contributed by atoms with Crippen LogP contribution in [0.2, 0.25) is 0 Å². The van der Waals surface area contributed by atoms with Crippen LogP contribution in [0, 0.1) is 6.92 Å². The van der Waals surface area contributed by atoms with Crippen molar-refractivity contribution in [1.29, 1.82) is 0 Å². The average molecular weight is 404 g/mol. The number of nitrogens with one attached hydrogen (secondary N) is 1. The predicted octanol–water partition coefficient (Wildman–Crippen LogP) is 2.50. The summed E-state index contributed by atoms with van der Waals surface area (Å²) >= 11 is 0. The van der Waals surface area contributed by atoms with Gasteiger partial charge in [-0.25, -0.2) is 13.4 Å². The summed E-state index contributed by atoms with van der Waals surface area (Å²) in [7, 11) is -3.03. The van der Waals surface area contributed by atoms with E-state index in [9.17, 15) is 8.42 Å². The van der Waals surface area contributed by atoms with Gasteiger partial charge in [-0.3, -0.25) is 4.72 Å². The van der Waals surface area contributed by atoms with E-state index in [2.05, 4.69) is 9.71 Å². The number of aryl methyl sites for hydroxylation is 1. The van der Waals surface area contributed by atoms with E-state index >= 15 is 0 Å². The summed E-state index contributed by atoms with van der Waals surface area (Å²) in [6, 6.07) is 8.21. The number of sulfonamides is 1. The monoisotopic (exact) mass is 404 g/mol. The molecule has 2 aromatic rings. The zero-order chi connectivity index (χ0) is 20.7. The van der Waals surface area contributed by atoms with Gasteiger partial charge in [0.2, 0.25) is 5.88 Å². The average Bonchev–Trinajstić information content (AvgIpc) is 2.82. The maximum Gasteiger partial charge on any atom is 0.496 e. The van der Waals surface area contributed by atoms with Crippen molar-refractivity contribution in [2.45, 2.75) is 50.7 Å². The number of pyridine rings is 1. The maximum atomic E-state index is 12.8. The summed E-state index contributed by atoms with van der Waals surface area (Å²) in [5.41, 5.74) is 0.760. The molecule has 1 saturated heterocycles. The van der Waals surface area contributed by atoms with Crippen LogP contribution in [-0.2, 0) is 19.3 Å². The summed E-state index contributed by atoms with van der Waals surface area (Å²) in [5, 5.41) is 0. The first-order chi connectivity index (χ1) is 12.9. The highest BCUT2D eigenvalue weighted by Gasteiger charge is 2.52. The Morgan fingerprint density at radius 1 is 1.07 bits per heavy atom. The zero-order valence-corrected chi connectivity index (χ0v) is 17.8. The molecule has 0 spiro atoms. The van der Waals surface area contributed by atoms with E-state index in [4.69, 9.17) is 14.0 Å². The molecule has 9 heteroatoms. The predicted molar refractivity (Wildman–Crippen MR) is 108 cm³/mol. The summed E-state index contributed by atoms with van der Waals surface area (Å²) < 4.78 is 45.4. The Balaban J connectivity index is 1.93. The minimum atomic E-state index is -3.80. The highest BCUT2D eigenvalue weighted by Crippen LogP contribution is 2.37. The van der Waals surface area contributed by atoms with Gasteiger partial charge in [0.05, 0.1) is 23.2 Å². The molecule has 0 radical (unpaired) electrons. The number of rotatable bonds is 5. The fraction of sp³-hybridized carbons (Fsp3) is 0.421. The molecule has 0 saturated carbocycles. The molecule has 1 fully saturated rings. The summed E-state index contributed by atoms with van der Waals surface area (Å²) in [5.74, 6) is 0.163. The van der Waals surface area contributed by atoms with E-state index in [0.29, 0.717) is 5.46 Å². The molecule has 7 nitrogen and oxygen atoms in total. The van der Waals surface area contributed by atoms with Crippen molar-refractivity contribution in [2.75, 3.05) is 11.8 Å². The third kappa shape index (κ3) is 3.87. The molecule has 1 aliphatic rings. The lowest BCUT2D eigenvalue weighted by Crippen LogP contribution is -2.41. The molecule has 0 atom stereocenters. The fourth-order valence-corrected chi connectivity index (χ4v) is 3.78. The van der Waals surface area contributed by atoms with Gasteiger partial charge in [0.25, 0.3) is 10.0 Å². The van der Waals surface area contributed by atoms with Crippen molar-refractivity contribution in [3.05, 3.63) is 42.1 Å². The van der Waals surface area contributed by atoms with Crippen LogP contribution >= 0.6 is 0 Å². The molecule has 0 amide bonds. The second-order valence-corrected chi connectivity index (χ2v) is 9.51. The quantitative estimate of drug-likeness (QED) is 0.771. The number of hydrogen-bond donors (Lipinski definition) is 1. The Morgan fingerprint density at radius 3 is 2.18 bits per heavy atom. The Morgan fingerprint density at radius 2 is 1.64 bits per heavy atom. The van der Waals surface area contributed by atoms with Crippen LogP contribution in [0.5, 0.6) is 5.88 Å². The molecule has 3 rings (SSSR count). The molecular formula is C19H25BN2O5S. The van der Waals surface area contributed by atoms with E-state index in [1.54, 1.807) is 36.5 Å². The third-order valence-electron chi connectivity index (χ3n) is 5.17. The number of nitrogens with zero attached hydrogens (tertiary/aromatic N) is 1. The first kappa shape index (κ1) is 20.6. The molecule has 1 N–H and O–H groups in total. The summed E-state index contributed by atoms with van der Waals surface area (Å²) in [6.45, 7) is 9.69. The van der Waals surface area contributed by atoms with Crippen LogP contribution < -0.4 is 14.9 Å². The number of methoxy groups -OCH3 is 1. The highest BCUT2D eigenvalue weighted by atomic mass is 32.2. The van der Waals surface area contributed by atoms with Crippen LogP contribution in [-0.4, -0.2) is 38.8 Å². The summed E-state index contributed by atoms with van der Waals surface area (Å²) in [6.07, 6.45) is 1.56. The Hall–Kier alpha value is -2.10. The van der Waals surface area contributed by atoms with Gasteiger partial charge in [0, 0.05) is 11.7 Å². The number of anilines is 1. The van der Waals surface area contributed by atoms with Gasteiger partial charge in [0.1, 0.15) is 5.69 Å².